The normalized spacial score (nSPS) is 22.5. The van der Waals surface area contributed by atoms with E-state index in [4.69, 9.17) is 15.6 Å². The molecule has 3 fully saturated rings. The Labute approximate surface area is 195 Å². The van der Waals surface area contributed by atoms with Crippen molar-refractivity contribution < 1.29 is 9.53 Å². The average molecular weight is 539 g/mol. The van der Waals surface area contributed by atoms with Crippen molar-refractivity contribution in [2.45, 2.75) is 64.1 Å². The molecule has 1 aliphatic carbocycles. The zero-order chi connectivity index (χ0) is 22.0. The van der Waals surface area contributed by atoms with Gasteiger partial charge in [-0.25, -0.2) is 19.4 Å². The summed E-state index contributed by atoms with van der Waals surface area (Å²) >= 11 is 2.22. The minimum atomic E-state index is -0.429. The maximum absolute atomic E-state index is 12.2. The van der Waals surface area contributed by atoms with Gasteiger partial charge in [-0.15, -0.1) is 0 Å². The van der Waals surface area contributed by atoms with E-state index in [2.05, 4.69) is 42.1 Å². The van der Waals surface area contributed by atoms with E-state index in [0.29, 0.717) is 23.3 Å². The molecule has 3 aliphatic rings. The first kappa shape index (κ1) is 21.2. The predicted molar refractivity (Wildman–Crippen MR) is 126 cm³/mol. The number of nitrogen functional groups attached to an aromatic ring is 1. The first-order valence-electron chi connectivity index (χ1n) is 11.0. The third kappa shape index (κ3) is 3.85. The number of carbonyl (C=O) groups is 1. The van der Waals surface area contributed by atoms with E-state index >= 15 is 0 Å². The quantitative estimate of drug-likeness (QED) is 0.586. The van der Waals surface area contributed by atoms with Crippen LogP contribution in [0, 0.1) is 9.12 Å². The first-order chi connectivity index (χ1) is 14.6. The molecule has 1 spiro atoms. The summed E-state index contributed by atoms with van der Waals surface area (Å²) in [5.41, 5.74) is 6.77. The van der Waals surface area contributed by atoms with Crippen molar-refractivity contribution in [2.75, 3.05) is 31.9 Å². The second-order valence-electron chi connectivity index (χ2n) is 10.4. The molecular weight excluding hydrogens is 509 g/mol. The molecule has 0 bridgehead atoms. The van der Waals surface area contributed by atoms with Crippen LogP contribution in [0.5, 0.6) is 0 Å². The Balaban J connectivity index is 1.13. The summed E-state index contributed by atoms with van der Waals surface area (Å²) in [6.45, 7) is 9.57. The van der Waals surface area contributed by atoms with Crippen LogP contribution in [0.3, 0.4) is 0 Å². The van der Waals surface area contributed by atoms with E-state index in [-0.39, 0.29) is 6.09 Å². The van der Waals surface area contributed by atoms with E-state index in [9.17, 15) is 4.79 Å². The molecule has 0 aromatic carbocycles. The van der Waals surface area contributed by atoms with Crippen LogP contribution in [0.2, 0.25) is 0 Å². The van der Waals surface area contributed by atoms with Gasteiger partial charge in [0, 0.05) is 37.6 Å². The van der Waals surface area contributed by atoms with Crippen LogP contribution < -0.4 is 5.73 Å². The molecule has 10 heteroatoms. The van der Waals surface area contributed by atoms with Crippen LogP contribution in [-0.4, -0.2) is 73.5 Å². The number of halogens is 1. The SMILES string of the molecule is CC(C)(C)OC(=O)N1CC2(CC(N3CCC(n4nc(I)c5c(N)ncnc54)CC3)C2)C1. The van der Waals surface area contributed by atoms with Crippen LogP contribution in [0.15, 0.2) is 6.33 Å². The highest BCUT2D eigenvalue weighted by atomic mass is 127. The lowest BCUT2D eigenvalue weighted by Gasteiger charge is -2.61. The average Bonchev–Trinajstić information content (AvgIpc) is 2.96. The number of rotatable bonds is 2. The Hall–Kier alpha value is -1.69. The van der Waals surface area contributed by atoms with Gasteiger partial charge in [0.2, 0.25) is 0 Å². The molecule has 0 unspecified atom stereocenters. The molecule has 168 valence electrons. The Kier molecular flexibility index (Phi) is 5.07. The van der Waals surface area contributed by atoms with Gasteiger partial charge in [-0.3, -0.25) is 0 Å². The first-order valence-corrected chi connectivity index (χ1v) is 12.1. The number of hydrogen-bond acceptors (Lipinski definition) is 7. The summed E-state index contributed by atoms with van der Waals surface area (Å²) < 4.78 is 8.42. The van der Waals surface area contributed by atoms with E-state index in [1.54, 1.807) is 0 Å². The molecule has 5 rings (SSSR count). The van der Waals surface area contributed by atoms with Gasteiger partial charge < -0.3 is 20.3 Å². The largest absolute Gasteiger partial charge is 0.444 e. The van der Waals surface area contributed by atoms with Gasteiger partial charge in [-0.2, -0.15) is 5.10 Å². The second kappa shape index (κ2) is 7.43. The predicted octanol–water partition coefficient (Wildman–Crippen LogP) is 3.05. The fourth-order valence-electron chi connectivity index (χ4n) is 5.38. The van der Waals surface area contributed by atoms with E-state index in [1.807, 2.05) is 25.7 Å². The van der Waals surface area contributed by atoms with Gasteiger partial charge in [-0.1, -0.05) is 0 Å². The monoisotopic (exact) mass is 539 g/mol. The van der Waals surface area contributed by atoms with E-state index < -0.39 is 5.60 Å². The van der Waals surface area contributed by atoms with Crippen LogP contribution in [-0.2, 0) is 4.74 Å². The van der Waals surface area contributed by atoms with Crippen molar-refractivity contribution in [3.8, 4) is 0 Å². The summed E-state index contributed by atoms with van der Waals surface area (Å²) in [4.78, 5) is 25.2. The Morgan fingerprint density at radius 3 is 2.52 bits per heavy atom. The third-order valence-electron chi connectivity index (χ3n) is 6.88. The molecule has 2 aliphatic heterocycles. The van der Waals surface area contributed by atoms with E-state index in [1.165, 1.54) is 19.2 Å². The van der Waals surface area contributed by atoms with Gasteiger partial charge >= 0.3 is 6.09 Å². The van der Waals surface area contributed by atoms with Crippen molar-refractivity contribution in [3.63, 3.8) is 0 Å². The number of anilines is 1. The number of fused-ring (bicyclic) bond motifs is 1. The van der Waals surface area contributed by atoms with Crippen LogP contribution in [0.25, 0.3) is 11.0 Å². The van der Waals surface area contributed by atoms with E-state index in [0.717, 1.165) is 53.8 Å². The maximum atomic E-state index is 12.2. The number of nitrogens with zero attached hydrogens (tertiary/aromatic N) is 6. The van der Waals surface area contributed by atoms with Crippen molar-refractivity contribution in [1.82, 2.24) is 29.5 Å². The van der Waals surface area contributed by atoms with Crippen molar-refractivity contribution in [1.29, 1.82) is 0 Å². The topological polar surface area (TPSA) is 102 Å². The number of piperidine rings is 1. The summed E-state index contributed by atoms with van der Waals surface area (Å²) in [6, 6.07) is 0.978. The minimum absolute atomic E-state index is 0.173. The highest BCUT2D eigenvalue weighted by Gasteiger charge is 2.55. The molecule has 1 saturated carbocycles. The molecule has 2 aromatic rings. The second-order valence-corrected chi connectivity index (χ2v) is 11.4. The van der Waals surface area contributed by atoms with Gasteiger partial charge in [0.05, 0.1) is 11.4 Å². The zero-order valence-corrected chi connectivity index (χ0v) is 20.5. The lowest BCUT2D eigenvalue weighted by atomic mass is 9.60. The van der Waals surface area contributed by atoms with Crippen LogP contribution >= 0.6 is 22.6 Å². The van der Waals surface area contributed by atoms with Crippen molar-refractivity contribution in [3.05, 3.63) is 10.0 Å². The number of likely N-dealkylation sites (tertiary alicyclic amines) is 2. The summed E-state index contributed by atoms with van der Waals surface area (Å²) in [5.74, 6) is 0.499. The molecule has 2 N–H and O–H groups in total. The number of ether oxygens (including phenoxy) is 1. The Morgan fingerprint density at radius 1 is 1.19 bits per heavy atom. The minimum Gasteiger partial charge on any atom is -0.444 e. The summed E-state index contributed by atoms with van der Waals surface area (Å²) in [7, 11) is 0. The third-order valence-corrected chi connectivity index (χ3v) is 7.63. The molecule has 9 nitrogen and oxygen atoms in total. The fraction of sp³-hybridized carbons (Fsp3) is 0.714. The number of nitrogens with two attached hydrogens (primary N) is 1. The maximum Gasteiger partial charge on any atom is 0.410 e. The summed E-state index contributed by atoms with van der Waals surface area (Å²) in [5, 5.41) is 5.59. The lowest BCUT2D eigenvalue weighted by Crippen LogP contribution is -2.68. The molecule has 31 heavy (non-hydrogen) atoms. The summed E-state index contributed by atoms with van der Waals surface area (Å²) in [6.07, 6.45) is 5.84. The molecule has 2 saturated heterocycles. The molecule has 2 aromatic heterocycles. The van der Waals surface area contributed by atoms with Gasteiger partial charge in [0.25, 0.3) is 0 Å². The Morgan fingerprint density at radius 2 is 1.87 bits per heavy atom. The molecule has 0 radical (unpaired) electrons. The van der Waals surface area contributed by atoms with Gasteiger partial charge in [0.15, 0.2) is 5.65 Å². The Bertz CT molecular complexity index is 995. The number of amides is 1. The zero-order valence-electron chi connectivity index (χ0n) is 18.3. The van der Waals surface area contributed by atoms with Crippen LogP contribution in [0.4, 0.5) is 10.6 Å². The molecule has 4 heterocycles. The molecule has 1 amide bonds. The van der Waals surface area contributed by atoms with Gasteiger partial charge in [0.1, 0.15) is 21.4 Å². The number of aromatic nitrogens is 4. The lowest BCUT2D eigenvalue weighted by molar-refractivity contribution is -0.111. The van der Waals surface area contributed by atoms with Crippen molar-refractivity contribution >= 4 is 45.5 Å². The van der Waals surface area contributed by atoms with Crippen LogP contribution in [0.1, 0.15) is 52.5 Å². The van der Waals surface area contributed by atoms with Crippen molar-refractivity contribution in [2.24, 2.45) is 5.41 Å². The highest BCUT2D eigenvalue weighted by Crippen LogP contribution is 2.51. The highest BCUT2D eigenvalue weighted by molar-refractivity contribution is 14.1. The smallest absolute Gasteiger partial charge is 0.410 e. The van der Waals surface area contributed by atoms with Gasteiger partial charge in [-0.05, 0) is 69.0 Å². The number of carbonyl (C=O) groups excluding carboxylic acids is 1. The molecular formula is C21H30IN7O2. The fourth-order valence-corrected chi connectivity index (χ4v) is 6.13. The molecule has 0 atom stereocenters. The standard InChI is InChI=1S/C21H30IN7O2/c1-20(2,3)31-19(30)28-10-21(11-28)8-14(9-21)27-6-4-13(5-7-27)29-18-15(16(22)26-29)17(23)24-12-25-18/h12-14H,4-11H2,1-3H3,(H2,23,24,25). The number of hydrogen-bond donors (Lipinski definition) is 1.